The van der Waals surface area contributed by atoms with Gasteiger partial charge in [0.25, 0.3) is 0 Å². The highest BCUT2D eigenvalue weighted by Gasteiger charge is 2.57. The average molecular weight is 361 g/mol. The van der Waals surface area contributed by atoms with E-state index in [1.807, 2.05) is 4.90 Å². The van der Waals surface area contributed by atoms with E-state index >= 15 is 0 Å². The van der Waals surface area contributed by atoms with Gasteiger partial charge in [-0.2, -0.15) is 0 Å². The molecule has 5 fully saturated rings. The summed E-state index contributed by atoms with van der Waals surface area (Å²) in [4.78, 5) is 24.0. The van der Waals surface area contributed by atoms with Crippen LogP contribution in [-0.2, 0) is 5.54 Å². The predicted octanol–water partition coefficient (Wildman–Crippen LogP) is 3.23. The van der Waals surface area contributed by atoms with Gasteiger partial charge in [0.2, 0.25) is 5.82 Å². The highest BCUT2D eigenvalue weighted by molar-refractivity contribution is 5.68. The van der Waals surface area contributed by atoms with Gasteiger partial charge in [-0.05, 0) is 74.0 Å². The molecule has 9 heteroatoms. The lowest BCUT2D eigenvalue weighted by molar-refractivity contribution is -0.424. The second-order valence-corrected chi connectivity index (χ2v) is 8.76. The lowest BCUT2D eigenvalue weighted by Crippen LogP contribution is -2.52. The Balaban J connectivity index is 1.70. The molecule has 1 aliphatic heterocycles. The van der Waals surface area contributed by atoms with Crippen molar-refractivity contribution in [2.45, 2.75) is 56.9 Å². The fourth-order valence-corrected chi connectivity index (χ4v) is 6.54. The second-order valence-electron chi connectivity index (χ2n) is 8.76. The molecule has 0 amide bonds. The number of hydrogen-bond acceptors (Lipinski definition) is 6. The highest BCUT2D eigenvalue weighted by atomic mass is 16.6. The molecule has 6 rings (SSSR count). The van der Waals surface area contributed by atoms with E-state index in [0.29, 0.717) is 36.7 Å². The van der Waals surface area contributed by atoms with Crippen LogP contribution in [0, 0.1) is 38.0 Å². The van der Waals surface area contributed by atoms with E-state index in [2.05, 4.69) is 5.10 Å². The van der Waals surface area contributed by atoms with Gasteiger partial charge in [-0.1, -0.05) is 0 Å². The smallest absolute Gasteiger partial charge is 0.358 e. The van der Waals surface area contributed by atoms with Crippen molar-refractivity contribution in [2.24, 2.45) is 17.8 Å². The van der Waals surface area contributed by atoms with Crippen LogP contribution in [0.2, 0.25) is 0 Å². The fraction of sp³-hybridized carbons (Fsp3) is 0.824. The van der Waals surface area contributed by atoms with Gasteiger partial charge in [0, 0.05) is 13.1 Å². The van der Waals surface area contributed by atoms with Crippen molar-refractivity contribution in [2.75, 3.05) is 18.0 Å². The van der Waals surface area contributed by atoms with Gasteiger partial charge in [0.15, 0.2) is 0 Å². The molecule has 2 heterocycles. The maximum atomic E-state index is 11.8. The molecular formula is C17H23N5O4. The Kier molecular flexibility index (Phi) is 3.33. The van der Waals surface area contributed by atoms with Crippen molar-refractivity contribution in [1.29, 1.82) is 0 Å². The molecule has 26 heavy (non-hydrogen) atoms. The summed E-state index contributed by atoms with van der Waals surface area (Å²) in [6.45, 7) is 1.41. The minimum atomic E-state index is -0.686. The summed E-state index contributed by atoms with van der Waals surface area (Å²) >= 11 is 0. The first-order valence-corrected chi connectivity index (χ1v) is 9.64. The van der Waals surface area contributed by atoms with Crippen LogP contribution in [0.3, 0.4) is 0 Å². The van der Waals surface area contributed by atoms with E-state index in [0.717, 1.165) is 32.1 Å². The van der Waals surface area contributed by atoms with E-state index in [1.165, 1.54) is 19.3 Å². The molecule has 0 N–H and O–H groups in total. The fourth-order valence-electron chi connectivity index (χ4n) is 6.54. The molecule has 0 radical (unpaired) electrons. The number of nitro groups is 2. The maximum Gasteiger partial charge on any atom is 0.470 e. The minimum absolute atomic E-state index is 0.272. The number of anilines is 1. The topological polar surface area (TPSA) is 107 Å². The summed E-state index contributed by atoms with van der Waals surface area (Å²) in [5.41, 5.74) is -0.682. The zero-order valence-electron chi connectivity index (χ0n) is 14.7. The zero-order valence-corrected chi connectivity index (χ0v) is 14.7. The maximum absolute atomic E-state index is 11.8. The van der Waals surface area contributed by atoms with Crippen LogP contribution < -0.4 is 4.90 Å². The Morgan fingerprint density at radius 3 is 1.92 bits per heavy atom. The minimum Gasteiger partial charge on any atom is -0.358 e. The molecule has 0 aromatic carbocycles. The molecule has 1 saturated heterocycles. The first-order chi connectivity index (χ1) is 12.5. The molecule has 0 unspecified atom stereocenters. The standard InChI is InChI=1S/C17H23N5O4/c23-21(24)14-15(22(25)26)18-20(16(14)19-3-1-2-4-19)17-8-11-5-12(9-17)7-13(6-11)10-17/h11-13H,1-10H2. The van der Waals surface area contributed by atoms with Crippen LogP contribution in [0.15, 0.2) is 0 Å². The van der Waals surface area contributed by atoms with Gasteiger partial charge < -0.3 is 15.0 Å². The van der Waals surface area contributed by atoms with Crippen molar-refractivity contribution in [3.63, 3.8) is 0 Å². The van der Waals surface area contributed by atoms with Gasteiger partial charge >= 0.3 is 11.5 Å². The summed E-state index contributed by atoms with van der Waals surface area (Å²) in [5.74, 6) is 1.70. The van der Waals surface area contributed by atoms with Crippen LogP contribution in [-0.4, -0.2) is 32.7 Å². The third kappa shape index (κ3) is 2.18. The van der Waals surface area contributed by atoms with Crippen molar-refractivity contribution in [1.82, 2.24) is 9.78 Å². The quantitative estimate of drug-likeness (QED) is 0.602. The van der Waals surface area contributed by atoms with Gasteiger partial charge in [0.05, 0.1) is 15.6 Å². The van der Waals surface area contributed by atoms with Crippen LogP contribution in [0.5, 0.6) is 0 Å². The Morgan fingerprint density at radius 2 is 1.46 bits per heavy atom. The lowest BCUT2D eigenvalue weighted by Gasteiger charge is -2.55. The molecular weight excluding hydrogens is 338 g/mol. The van der Waals surface area contributed by atoms with Gasteiger partial charge in [0.1, 0.15) is 0 Å². The van der Waals surface area contributed by atoms with E-state index in [4.69, 9.17) is 0 Å². The Hall–Kier alpha value is -2.19. The highest BCUT2D eigenvalue weighted by Crippen LogP contribution is 2.60. The monoisotopic (exact) mass is 361 g/mol. The van der Waals surface area contributed by atoms with Crippen LogP contribution in [0.25, 0.3) is 0 Å². The van der Waals surface area contributed by atoms with Gasteiger partial charge in [-0.25, -0.2) is 0 Å². The molecule has 5 aliphatic rings. The van der Waals surface area contributed by atoms with Crippen molar-refractivity contribution < 1.29 is 9.85 Å². The molecule has 0 spiro atoms. The third-order valence-electron chi connectivity index (χ3n) is 7.04. The van der Waals surface area contributed by atoms with Crippen molar-refractivity contribution in [3.05, 3.63) is 20.2 Å². The van der Waals surface area contributed by atoms with Gasteiger partial charge in [-0.15, -0.1) is 4.68 Å². The Labute approximate surface area is 150 Å². The van der Waals surface area contributed by atoms with E-state index in [1.54, 1.807) is 4.68 Å². The van der Waals surface area contributed by atoms with E-state index in [-0.39, 0.29) is 5.54 Å². The molecule has 4 saturated carbocycles. The molecule has 140 valence electrons. The lowest BCUT2D eigenvalue weighted by atomic mass is 9.53. The van der Waals surface area contributed by atoms with Crippen molar-refractivity contribution >= 4 is 17.3 Å². The molecule has 9 nitrogen and oxygen atoms in total. The largest absolute Gasteiger partial charge is 0.470 e. The number of aromatic nitrogens is 2. The summed E-state index contributed by atoms with van der Waals surface area (Å²) in [6.07, 6.45) is 8.49. The van der Waals surface area contributed by atoms with E-state index < -0.39 is 21.4 Å². The normalized spacial score (nSPS) is 35.2. The Morgan fingerprint density at radius 1 is 0.923 bits per heavy atom. The summed E-state index contributed by atoms with van der Waals surface area (Å²) < 4.78 is 1.75. The SMILES string of the molecule is O=[N+]([O-])c1nn(C23CC4CC(CC(C4)C2)C3)c(N2CCCC2)c1[N+](=O)[O-]. The van der Waals surface area contributed by atoms with Crippen molar-refractivity contribution in [3.8, 4) is 0 Å². The van der Waals surface area contributed by atoms with Gasteiger partial charge in [-0.3, -0.25) is 10.1 Å². The van der Waals surface area contributed by atoms with Crippen LogP contribution in [0.4, 0.5) is 17.3 Å². The molecule has 1 aromatic rings. The molecule has 0 atom stereocenters. The average Bonchev–Trinajstić information content (AvgIpc) is 3.21. The number of rotatable bonds is 4. The van der Waals surface area contributed by atoms with Crippen LogP contribution >= 0.6 is 0 Å². The first-order valence-electron chi connectivity index (χ1n) is 9.64. The number of nitrogens with zero attached hydrogens (tertiary/aromatic N) is 5. The van der Waals surface area contributed by atoms with Crippen LogP contribution in [0.1, 0.15) is 51.4 Å². The molecule has 1 aromatic heterocycles. The molecule has 4 bridgehead atoms. The summed E-state index contributed by atoms with van der Waals surface area (Å²) in [5, 5.41) is 27.6. The number of hydrogen-bond donors (Lipinski definition) is 0. The Bertz CT molecular complexity index is 747. The molecule has 4 aliphatic carbocycles. The second kappa shape index (κ2) is 5.40. The predicted molar refractivity (Wildman–Crippen MR) is 93.1 cm³/mol. The first kappa shape index (κ1) is 16.0. The third-order valence-corrected chi connectivity index (χ3v) is 7.04. The zero-order chi connectivity index (χ0) is 18.1. The summed E-state index contributed by atoms with van der Waals surface area (Å²) in [6, 6.07) is 0. The summed E-state index contributed by atoms with van der Waals surface area (Å²) in [7, 11) is 0. The van der Waals surface area contributed by atoms with E-state index in [9.17, 15) is 20.2 Å².